The molecule has 0 amide bonds. The van der Waals surface area contributed by atoms with E-state index < -0.39 is 0 Å². The van der Waals surface area contributed by atoms with Crippen molar-refractivity contribution in [1.82, 2.24) is 5.32 Å². The highest BCUT2D eigenvalue weighted by atomic mass is 16.5. The summed E-state index contributed by atoms with van der Waals surface area (Å²) < 4.78 is 5.68. The maximum Gasteiger partial charge on any atom is 0.0750 e. The topological polar surface area (TPSA) is 21.3 Å². The van der Waals surface area contributed by atoms with E-state index in [0.29, 0.717) is 0 Å². The fourth-order valence-electron chi connectivity index (χ4n) is 2.30. The Kier molecular flexibility index (Phi) is 5.07. The predicted molar refractivity (Wildman–Crippen MR) is 65.1 cm³/mol. The van der Waals surface area contributed by atoms with E-state index in [0.717, 1.165) is 25.1 Å². The van der Waals surface area contributed by atoms with Crippen molar-refractivity contribution in [3.63, 3.8) is 0 Å². The molecule has 0 aliphatic heterocycles. The summed E-state index contributed by atoms with van der Waals surface area (Å²) in [5, 5.41) is 3.64. The van der Waals surface area contributed by atoms with E-state index in [-0.39, 0.29) is 5.60 Å². The number of rotatable bonds is 5. The van der Waals surface area contributed by atoms with Crippen LogP contribution in [0.1, 0.15) is 53.4 Å². The van der Waals surface area contributed by atoms with Crippen LogP contribution < -0.4 is 5.32 Å². The lowest BCUT2D eigenvalue weighted by molar-refractivity contribution is -0.0115. The van der Waals surface area contributed by atoms with Gasteiger partial charge in [-0.3, -0.25) is 0 Å². The molecular weight excluding hydrogens is 186 g/mol. The molecule has 15 heavy (non-hydrogen) atoms. The Bertz CT molecular complexity index is 171. The van der Waals surface area contributed by atoms with Crippen LogP contribution in [0.5, 0.6) is 0 Å². The molecule has 0 radical (unpaired) electrons. The predicted octanol–water partition coefficient (Wildman–Crippen LogP) is 2.97. The molecule has 0 spiro atoms. The van der Waals surface area contributed by atoms with Gasteiger partial charge in [-0.15, -0.1) is 0 Å². The first kappa shape index (κ1) is 13.0. The molecule has 0 aromatic carbocycles. The molecule has 0 saturated heterocycles. The molecule has 1 aliphatic rings. The Morgan fingerprint density at radius 1 is 1.20 bits per heavy atom. The monoisotopic (exact) mass is 213 g/mol. The van der Waals surface area contributed by atoms with Gasteiger partial charge in [-0.05, 0) is 52.4 Å². The van der Waals surface area contributed by atoms with E-state index in [2.05, 4.69) is 33.0 Å². The standard InChI is InChI=1S/C13H27NO/c1-5-15-13(3,4)10-14-12-8-6-11(2)7-9-12/h11-12,14H,5-10H2,1-4H3. The zero-order valence-corrected chi connectivity index (χ0v) is 10.8. The second-order valence-electron chi connectivity index (χ2n) is 5.53. The zero-order chi connectivity index (χ0) is 11.3. The minimum absolute atomic E-state index is 0.0161. The van der Waals surface area contributed by atoms with Crippen molar-refractivity contribution >= 4 is 0 Å². The van der Waals surface area contributed by atoms with Gasteiger partial charge in [0.25, 0.3) is 0 Å². The van der Waals surface area contributed by atoms with Gasteiger partial charge in [0.15, 0.2) is 0 Å². The molecule has 1 saturated carbocycles. The summed E-state index contributed by atoms with van der Waals surface area (Å²) in [4.78, 5) is 0. The Morgan fingerprint density at radius 3 is 2.33 bits per heavy atom. The molecule has 0 aromatic rings. The molecule has 0 bridgehead atoms. The quantitative estimate of drug-likeness (QED) is 0.758. The zero-order valence-electron chi connectivity index (χ0n) is 10.8. The average molecular weight is 213 g/mol. The first-order chi connectivity index (χ1) is 7.03. The first-order valence-electron chi connectivity index (χ1n) is 6.41. The van der Waals surface area contributed by atoms with Crippen molar-refractivity contribution in [2.75, 3.05) is 13.2 Å². The van der Waals surface area contributed by atoms with Gasteiger partial charge in [0.2, 0.25) is 0 Å². The molecule has 1 aliphatic carbocycles. The van der Waals surface area contributed by atoms with E-state index in [1.54, 1.807) is 0 Å². The van der Waals surface area contributed by atoms with Crippen LogP contribution in [0.25, 0.3) is 0 Å². The van der Waals surface area contributed by atoms with Gasteiger partial charge in [-0.2, -0.15) is 0 Å². The summed E-state index contributed by atoms with van der Waals surface area (Å²) in [7, 11) is 0. The largest absolute Gasteiger partial charge is 0.375 e. The number of hydrogen-bond donors (Lipinski definition) is 1. The van der Waals surface area contributed by atoms with Crippen molar-refractivity contribution in [2.45, 2.75) is 65.0 Å². The maximum absolute atomic E-state index is 5.68. The van der Waals surface area contributed by atoms with Crippen LogP contribution >= 0.6 is 0 Å². The highest BCUT2D eigenvalue weighted by Gasteiger charge is 2.22. The fraction of sp³-hybridized carbons (Fsp3) is 1.00. The van der Waals surface area contributed by atoms with E-state index in [1.807, 2.05) is 0 Å². The highest BCUT2D eigenvalue weighted by molar-refractivity contribution is 4.79. The summed E-state index contributed by atoms with van der Waals surface area (Å²) in [5.41, 5.74) is -0.0161. The van der Waals surface area contributed by atoms with Gasteiger partial charge < -0.3 is 10.1 Å². The van der Waals surface area contributed by atoms with Gasteiger partial charge in [0.05, 0.1) is 5.60 Å². The number of hydrogen-bond acceptors (Lipinski definition) is 2. The molecule has 0 aromatic heterocycles. The summed E-state index contributed by atoms with van der Waals surface area (Å²) in [5.74, 6) is 0.933. The normalized spacial score (nSPS) is 28.0. The third-order valence-corrected chi connectivity index (χ3v) is 3.37. The van der Waals surface area contributed by atoms with Crippen LogP contribution in [0.2, 0.25) is 0 Å². The van der Waals surface area contributed by atoms with Crippen molar-refractivity contribution in [2.24, 2.45) is 5.92 Å². The van der Waals surface area contributed by atoms with E-state index in [9.17, 15) is 0 Å². The number of nitrogens with one attached hydrogen (secondary N) is 1. The van der Waals surface area contributed by atoms with Gasteiger partial charge in [-0.25, -0.2) is 0 Å². The second-order valence-corrected chi connectivity index (χ2v) is 5.53. The van der Waals surface area contributed by atoms with Crippen LogP contribution in [0.15, 0.2) is 0 Å². The van der Waals surface area contributed by atoms with Crippen molar-refractivity contribution < 1.29 is 4.74 Å². The molecule has 2 heteroatoms. The molecule has 0 unspecified atom stereocenters. The van der Waals surface area contributed by atoms with Gasteiger partial charge in [-0.1, -0.05) is 6.92 Å². The maximum atomic E-state index is 5.68. The SMILES string of the molecule is CCOC(C)(C)CNC1CCC(C)CC1. The average Bonchev–Trinajstić information content (AvgIpc) is 2.17. The van der Waals surface area contributed by atoms with E-state index in [1.165, 1.54) is 25.7 Å². The second kappa shape index (κ2) is 5.86. The highest BCUT2D eigenvalue weighted by Crippen LogP contribution is 2.23. The molecule has 0 heterocycles. The molecular formula is C13H27NO. The van der Waals surface area contributed by atoms with Crippen LogP contribution in [-0.4, -0.2) is 24.8 Å². The fourth-order valence-corrected chi connectivity index (χ4v) is 2.30. The van der Waals surface area contributed by atoms with E-state index in [4.69, 9.17) is 4.74 Å². The summed E-state index contributed by atoms with van der Waals surface area (Å²) in [6.07, 6.45) is 5.44. The third kappa shape index (κ3) is 4.98. The molecule has 1 fully saturated rings. The van der Waals surface area contributed by atoms with Gasteiger partial charge >= 0.3 is 0 Å². The van der Waals surface area contributed by atoms with Crippen molar-refractivity contribution in [1.29, 1.82) is 0 Å². The summed E-state index contributed by atoms with van der Waals surface area (Å²) >= 11 is 0. The minimum Gasteiger partial charge on any atom is -0.375 e. The first-order valence-corrected chi connectivity index (χ1v) is 6.41. The third-order valence-electron chi connectivity index (χ3n) is 3.37. The molecule has 1 rings (SSSR count). The molecule has 0 atom stereocenters. The van der Waals surface area contributed by atoms with Crippen molar-refractivity contribution in [3.05, 3.63) is 0 Å². The lowest BCUT2D eigenvalue weighted by Crippen LogP contribution is -2.43. The molecule has 90 valence electrons. The Hall–Kier alpha value is -0.0800. The van der Waals surface area contributed by atoms with Crippen LogP contribution in [0.3, 0.4) is 0 Å². The van der Waals surface area contributed by atoms with Gasteiger partial charge in [0, 0.05) is 19.2 Å². The lowest BCUT2D eigenvalue weighted by Gasteiger charge is -2.31. The van der Waals surface area contributed by atoms with E-state index >= 15 is 0 Å². The van der Waals surface area contributed by atoms with Crippen LogP contribution in [-0.2, 0) is 4.74 Å². The Balaban J connectivity index is 2.19. The van der Waals surface area contributed by atoms with Crippen LogP contribution in [0.4, 0.5) is 0 Å². The Labute approximate surface area is 94.8 Å². The lowest BCUT2D eigenvalue weighted by atomic mass is 9.87. The summed E-state index contributed by atoms with van der Waals surface area (Å²) in [6.45, 7) is 10.5. The van der Waals surface area contributed by atoms with Crippen LogP contribution in [0, 0.1) is 5.92 Å². The molecule has 1 N–H and O–H groups in total. The smallest absolute Gasteiger partial charge is 0.0750 e. The number of ether oxygens (including phenoxy) is 1. The minimum atomic E-state index is -0.0161. The van der Waals surface area contributed by atoms with Gasteiger partial charge in [0.1, 0.15) is 0 Å². The Morgan fingerprint density at radius 2 is 1.80 bits per heavy atom. The summed E-state index contributed by atoms with van der Waals surface area (Å²) in [6, 6.07) is 0.723. The molecule has 2 nitrogen and oxygen atoms in total. The van der Waals surface area contributed by atoms with Crippen molar-refractivity contribution in [3.8, 4) is 0 Å².